The highest BCUT2D eigenvalue weighted by Gasteiger charge is 2.17. The van der Waals surface area contributed by atoms with Crippen molar-refractivity contribution < 1.29 is 9.53 Å². The number of methoxy groups -OCH3 is 1. The molecule has 0 aliphatic rings. The molecule has 0 aliphatic heterocycles. The molecule has 10 nitrogen and oxygen atoms in total. The molecular formula is C10H16N8O2. The van der Waals surface area contributed by atoms with Crippen LogP contribution in [0.25, 0.3) is 0 Å². The van der Waals surface area contributed by atoms with Crippen LogP contribution in [0.5, 0.6) is 0 Å². The molecule has 0 aliphatic carbocycles. The Morgan fingerprint density at radius 3 is 1.90 bits per heavy atom. The van der Waals surface area contributed by atoms with E-state index >= 15 is 0 Å². The van der Waals surface area contributed by atoms with Crippen LogP contribution in [0.3, 0.4) is 0 Å². The summed E-state index contributed by atoms with van der Waals surface area (Å²) in [6, 6.07) is 4.70. The first-order chi connectivity index (χ1) is 9.53. The number of hydrazine groups is 2. The Kier molecular flexibility index (Phi) is 5.26. The van der Waals surface area contributed by atoms with Crippen LogP contribution in [0.1, 0.15) is 10.4 Å². The number of aliphatic imine (C=N–C) groups is 2. The van der Waals surface area contributed by atoms with E-state index in [1.807, 2.05) is 0 Å². The molecule has 0 fully saturated rings. The quantitative estimate of drug-likeness (QED) is 0.124. The highest BCUT2D eigenvalue weighted by molar-refractivity contribution is 6.02. The Balaban J connectivity index is 3.46. The van der Waals surface area contributed by atoms with E-state index in [2.05, 4.69) is 25.6 Å². The van der Waals surface area contributed by atoms with E-state index in [1.54, 1.807) is 18.2 Å². The highest BCUT2D eigenvalue weighted by Crippen LogP contribution is 2.29. The minimum Gasteiger partial charge on any atom is -0.465 e. The lowest BCUT2D eigenvalue weighted by molar-refractivity contribution is 0.0602. The molecule has 0 heterocycles. The van der Waals surface area contributed by atoms with Crippen molar-refractivity contribution in [1.82, 2.24) is 10.9 Å². The molecule has 10 N–H and O–H groups in total. The van der Waals surface area contributed by atoms with E-state index in [1.165, 1.54) is 7.11 Å². The van der Waals surface area contributed by atoms with Crippen LogP contribution >= 0.6 is 0 Å². The Hall–Kier alpha value is -2.85. The van der Waals surface area contributed by atoms with Gasteiger partial charge in [0.2, 0.25) is 11.9 Å². The number of guanidine groups is 2. The maximum Gasteiger partial charge on any atom is 0.342 e. The van der Waals surface area contributed by atoms with Gasteiger partial charge in [-0.3, -0.25) is 10.9 Å². The SMILES string of the molecule is COC(=O)c1c(N=C(N)NN)cccc1N=C(N)NN. The molecule has 1 aromatic carbocycles. The average molecular weight is 280 g/mol. The van der Waals surface area contributed by atoms with Gasteiger partial charge in [-0.2, -0.15) is 0 Å². The number of esters is 1. The van der Waals surface area contributed by atoms with Crippen LogP contribution in [0, 0.1) is 0 Å². The van der Waals surface area contributed by atoms with Crippen molar-refractivity contribution in [2.75, 3.05) is 7.11 Å². The second kappa shape index (κ2) is 6.92. The third-order valence-corrected chi connectivity index (χ3v) is 2.19. The predicted molar refractivity (Wildman–Crippen MR) is 75.0 cm³/mol. The first kappa shape index (κ1) is 15.2. The van der Waals surface area contributed by atoms with Crippen molar-refractivity contribution in [3.8, 4) is 0 Å². The second-order valence-electron chi connectivity index (χ2n) is 3.45. The summed E-state index contributed by atoms with van der Waals surface area (Å²) in [5.41, 5.74) is 15.7. The predicted octanol–water partition coefficient (Wildman–Crippen LogP) is -1.71. The Morgan fingerprint density at radius 1 is 1.10 bits per heavy atom. The minimum absolute atomic E-state index is 0.0754. The van der Waals surface area contributed by atoms with E-state index in [9.17, 15) is 4.79 Å². The zero-order valence-corrected chi connectivity index (χ0v) is 10.8. The Labute approximate surface area is 114 Å². The molecule has 1 rings (SSSR count). The van der Waals surface area contributed by atoms with Crippen molar-refractivity contribution in [3.63, 3.8) is 0 Å². The summed E-state index contributed by atoms with van der Waals surface area (Å²) in [6.45, 7) is 0. The number of ether oxygens (including phenoxy) is 1. The molecule has 0 saturated carbocycles. The maximum absolute atomic E-state index is 11.8. The van der Waals surface area contributed by atoms with Gasteiger partial charge in [-0.15, -0.1) is 0 Å². The average Bonchev–Trinajstić information content (AvgIpc) is 2.46. The number of nitrogens with zero attached hydrogens (tertiary/aromatic N) is 2. The number of carbonyl (C=O) groups excluding carboxylic acids is 1. The first-order valence-electron chi connectivity index (χ1n) is 5.36. The number of hydrogen-bond acceptors (Lipinski definition) is 6. The number of nitrogens with two attached hydrogens (primary N) is 4. The summed E-state index contributed by atoms with van der Waals surface area (Å²) in [6.07, 6.45) is 0. The number of carbonyl (C=O) groups is 1. The van der Waals surface area contributed by atoms with E-state index in [4.69, 9.17) is 23.2 Å². The van der Waals surface area contributed by atoms with Gasteiger partial charge in [-0.25, -0.2) is 26.5 Å². The van der Waals surface area contributed by atoms with Gasteiger partial charge < -0.3 is 16.2 Å². The number of benzene rings is 1. The molecule has 0 bridgehead atoms. The summed E-state index contributed by atoms with van der Waals surface area (Å²) in [4.78, 5) is 19.7. The molecule has 108 valence electrons. The Bertz CT molecular complexity index is 516. The molecule has 0 aromatic heterocycles. The second-order valence-corrected chi connectivity index (χ2v) is 3.45. The molecule has 10 heteroatoms. The van der Waals surface area contributed by atoms with Gasteiger partial charge in [-0.05, 0) is 12.1 Å². The van der Waals surface area contributed by atoms with E-state index in [0.29, 0.717) is 0 Å². The summed E-state index contributed by atoms with van der Waals surface area (Å²) in [5, 5.41) is 0. The fourth-order valence-electron chi connectivity index (χ4n) is 1.35. The van der Waals surface area contributed by atoms with Gasteiger partial charge in [0.25, 0.3) is 0 Å². The zero-order valence-electron chi connectivity index (χ0n) is 10.8. The van der Waals surface area contributed by atoms with Crippen LogP contribution in [0.4, 0.5) is 11.4 Å². The van der Waals surface area contributed by atoms with Crippen LogP contribution < -0.4 is 34.0 Å². The van der Waals surface area contributed by atoms with Crippen LogP contribution in [-0.2, 0) is 4.74 Å². The standard InChI is InChI=1S/C10H16N8O2/c1-20-8(19)7-5(15-9(11)17-13)3-2-4-6(7)16-10(12)18-14/h2-4H,13-14H2,1H3,(H3,11,15,17)(H3,12,16,18). The van der Waals surface area contributed by atoms with Crippen LogP contribution in [0.2, 0.25) is 0 Å². The third kappa shape index (κ3) is 3.57. The van der Waals surface area contributed by atoms with Crippen molar-refractivity contribution in [2.24, 2.45) is 33.1 Å². The van der Waals surface area contributed by atoms with Crippen molar-refractivity contribution in [1.29, 1.82) is 0 Å². The molecule has 1 aromatic rings. The molecule has 20 heavy (non-hydrogen) atoms. The minimum atomic E-state index is -0.655. The third-order valence-electron chi connectivity index (χ3n) is 2.19. The lowest BCUT2D eigenvalue weighted by Gasteiger charge is -2.08. The fraction of sp³-hybridized carbons (Fsp3) is 0.100. The summed E-state index contributed by atoms with van der Waals surface area (Å²) in [7, 11) is 1.23. The molecule has 0 saturated heterocycles. The molecule has 0 unspecified atom stereocenters. The van der Waals surface area contributed by atoms with Gasteiger partial charge in [0.1, 0.15) is 5.56 Å². The lowest BCUT2D eigenvalue weighted by atomic mass is 10.1. The largest absolute Gasteiger partial charge is 0.465 e. The topological polar surface area (TPSA) is 179 Å². The lowest BCUT2D eigenvalue weighted by Crippen LogP contribution is -2.37. The van der Waals surface area contributed by atoms with E-state index in [0.717, 1.165) is 0 Å². The van der Waals surface area contributed by atoms with Gasteiger partial charge >= 0.3 is 5.97 Å². The molecule has 0 atom stereocenters. The normalized spacial score (nSPS) is 11.9. The zero-order chi connectivity index (χ0) is 15.1. The molecule has 0 amide bonds. The molecule has 0 radical (unpaired) electrons. The first-order valence-corrected chi connectivity index (χ1v) is 5.36. The molecule has 0 spiro atoms. The Morgan fingerprint density at radius 2 is 1.55 bits per heavy atom. The van der Waals surface area contributed by atoms with Gasteiger partial charge in [-0.1, -0.05) is 6.07 Å². The number of nitrogens with one attached hydrogen (secondary N) is 2. The van der Waals surface area contributed by atoms with Crippen molar-refractivity contribution in [3.05, 3.63) is 23.8 Å². The summed E-state index contributed by atoms with van der Waals surface area (Å²) < 4.78 is 4.69. The fourth-order valence-corrected chi connectivity index (χ4v) is 1.35. The monoisotopic (exact) mass is 280 g/mol. The van der Waals surface area contributed by atoms with Gasteiger partial charge in [0.15, 0.2) is 0 Å². The summed E-state index contributed by atoms with van der Waals surface area (Å²) >= 11 is 0. The van der Waals surface area contributed by atoms with Gasteiger partial charge in [0.05, 0.1) is 18.5 Å². The highest BCUT2D eigenvalue weighted by atomic mass is 16.5. The van der Waals surface area contributed by atoms with E-state index in [-0.39, 0.29) is 28.9 Å². The molecular weight excluding hydrogens is 264 g/mol. The summed E-state index contributed by atoms with van der Waals surface area (Å²) in [5.74, 6) is 9.43. The van der Waals surface area contributed by atoms with Crippen LogP contribution in [0.15, 0.2) is 28.2 Å². The number of rotatable bonds is 3. The van der Waals surface area contributed by atoms with Crippen molar-refractivity contribution in [2.45, 2.75) is 0 Å². The maximum atomic E-state index is 11.8. The van der Waals surface area contributed by atoms with Crippen molar-refractivity contribution >= 4 is 29.3 Å². The van der Waals surface area contributed by atoms with E-state index < -0.39 is 5.97 Å². The smallest absolute Gasteiger partial charge is 0.342 e. The number of hydrogen-bond donors (Lipinski definition) is 6. The van der Waals surface area contributed by atoms with Crippen LogP contribution in [-0.4, -0.2) is 25.0 Å². The van der Waals surface area contributed by atoms with Gasteiger partial charge in [0, 0.05) is 0 Å².